The molecule has 0 fully saturated rings. The summed E-state index contributed by atoms with van der Waals surface area (Å²) in [6.07, 6.45) is -1.56. The van der Waals surface area contributed by atoms with E-state index in [0.717, 1.165) is 12.1 Å². The van der Waals surface area contributed by atoms with Gasteiger partial charge >= 0.3 is 6.16 Å². The van der Waals surface area contributed by atoms with E-state index in [1.165, 1.54) is 6.07 Å². The van der Waals surface area contributed by atoms with Crippen LogP contribution in [0.4, 0.5) is 9.18 Å². The van der Waals surface area contributed by atoms with Crippen LogP contribution in [0.15, 0.2) is 18.2 Å². The zero-order valence-corrected chi connectivity index (χ0v) is 6.51. The van der Waals surface area contributed by atoms with Gasteiger partial charge in [-0.2, -0.15) is 0 Å². The van der Waals surface area contributed by atoms with E-state index in [9.17, 15) is 9.18 Å². The van der Waals surface area contributed by atoms with Crippen LogP contribution in [0, 0.1) is 5.82 Å². The van der Waals surface area contributed by atoms with Crippen molar-refractivity contribution in [3.05, 3.63) is 29.0 Å². The average Bonchev–Trinajstić information content (AvgIpc) is 1.94. The fourth-order valence-electron chi connectivity index (χ4n) is 0.652. The number of ether oxygens (including phenoxy) is 1. The molecule has 0 aromatic heterocycles. The normalized spacial score (nSPS) is 9.50. The maximum Gasteiger partial charge on any atom is 0.511 e. The number of hydrogen-bond donors (Lipinski definition) is 1. The Labute approximate surface area is 72.3 Å². The molecule has 0 unspecified atom stereocenters. The van der Waals surface area contributed by atoms with Gasteiger partial charge in [0.05, 0.1) is 0 Å². The summed E-state index contributed by atoms with van der Waals surface area (Å²) >= 11 is 5.41. The van der Waals surface area contributed by atoms with Crippen LogP contribution in [0.3, 0.4) is 0 Å². The van der Waals surface area contributed by atoms with Crippen molar-refractivity contribution in [2.24, 2.45) is 0 Å². The topological polar surface area (TPSA) is 46.5 Å². The minimum atomic E-state index is -1.56. The van der Waals surface area contributed by atoms with Crippen LogP contribution < -0.4 is 4.74 Å². The van der Waals surface area contributed by atoms with Crippen LogP contribution in [0.5, 0.6) is 5.75 Å². The molecule has 1 aromatic rings. The third kappa shape index (κ3) is 2.10. The van der Waals surface area contributed by atoms with Crippen LogP contribution in [0.2, 0.25) is 5.02 Å². The first-order chi connectivity index (χ1) is 5.59. The second-order valence-electron chi connectivity index (χ2n) is 1.94. The predicted octanol–water partition coefficient (Wildman–Crippen LogP) is 2.54. The third-order valence-corrected chi connectivity index (χ3v) is 1.33. The summed E-state index contributed by atoms with van der Waals surface area (Å²) in [6.45, 7) is 0. The standard InChI is InChI=1S/C7H4ClFO3/c8-4-1-2-6(5(9)3-4)12-7(10)11/h1-3H,(H,10,11). The van der Waals surface area contributed by atoms with Crippen LogP contribution in [0.1, 0.15) is 0 Å². The number of hydrogen-bond acceptors (Lipinski definition) is 2. The van der Waals surface area contributed by atoms with Crippen molar-refractivity contribution in [3.63, 3.8) is 0 Å². The summed E-state index contributed by atoms with van der Waals surface area (Å²) in [5.41, 5.74) is 0. The second kappa shape index (κ2) is 3.40. The Morgan fingerprint density at radius 3 is 2.75 bits per heavy atom. The number of carboxylic acid groups (broad SMARTS) is 1. The fourth-order valence-corrected chi connectivity index (χ4v) is 0.811. The average molecular weight is 191 g/mol. The summed E-state index contributed by atoms with van der Waals surface area (Å²) in [4.78, 5) is 9.98. The first-order valence-corrected chi connectivity index (χ1v) is 3.33. The minimum absolute atomic E-state index is 0.185. The van der Waals surface area contributed by atoms with E-state index in [2.05, 4.69) is 4.74 Å². The molecule has 0 amide bonds. The number of halogens is 2. The Hall–Kier alpha value is -1.29. The fraction of sp³-hybridized carbons (Fsp3) is 0. The van der Waals surface area contributed by atoms with Gasteiger partial charge in [0.15, 0.2) is 11.6 Å². The monoisotopic (exact) mass is 190 g/mol. The largest absolute Gasteiger partial charge is 0.511 e. The van der Waals surface area contributed by atoms with Gasteiger partial charge in [-0.25, -0.2) is 9.18 Å². The Bertz CT molecular complexity index is 314. The number of benzene rings is 1. The molecule has 1 N–H and O–H groups in total. The van der Waals surface area contributed by atoms with E-state index in [0.29, 0.717) is 0 Å². The van der Waals surface area contributed by atoms with Crippen molar-refractivity contribution in [1.82, 2.24) is 0 Å². The third-order valence-electron chi connectivity index (χ3n) is 1.09. The van der Waals surface area contributed by atoms with Gasteiger partial charge in [0.1, 0.15) is 0 Å². The van der Waals surface area contributed by atoms with E-state index in [-0.39, 0.29) is 10.8 Å². The van der Waals surface area contributed by atoms with Crippen molar-refractivity contribution in [2.75, 3.05) is 0 Å². The smallest absolute Gasteiger partial charge is 0.449 e. The molecule has 64 valence electrons. The zero-order chi connectivity index (χ0) is 9.14. The predicted molar refractivity (Wildman–Crippen MR) is 40.1 cm³/mol. The quantitative estimate of drug-likeness (QED) is 0.547. The maximum absolute atomic E-state index is 12.7. The van der Waals surface area contributed by atoms with Crippen LogP contribution in [-0.2, 0) is 0 Å². The van der Waals surface area contributed by atoms with Crippen molar-refractivity contribution in [3.8, 4) is 5.75 Å². The minimum Gasteiger partial charge on any atom is -0.449 e. The lowest BCUT2D eigenvalue weighted by atomic mass is 10.3. The molecule has 3 nitrogen and oxygen atoms in total. The van der Waals surface area contributed by atoms with E-state index in [1.54, 1.807) is 0 Å². The number of rotatable bonds is 1. The van der Waals surface area contributed by atoms with E-state index in [4.69, 9.17) is 16.7 Å². The lowest BCUT2D eigenvalue weighted by Gasteiger charge is -2.00. The van der Waals surface area contributed by atoms with Crippen LogP contribution >= 0.6 is 11.6 Å². The molecule has 1 rings (SSSR count). The highest BCUT2D eigenvalue weighted by Crippen LogP contribution is 2.20. The van der Waals surface area contributed by atoms with Gasteiger partial charge < -0.3 is 9.84 Å². The molecule has 0 atom stereocenters. The van der Waals surface area contributed by atoms with Gasteiger partial charge in [-0.1, -0.05) is 11.6 Å². The molecule has 12 heavy (non-hydrogen) atoms. The highest BCUT2D eigenvalue weighted by molar-refractivity contribution is 6.30. The van der Waals surface area contributed by atoms with Gasteiger partial charge in [0, 0.05) is 5.02 Å². The van der Waals surface area contributed by atoms with E-state index >= 15 is 0 Å². The molecule has 1 aromatic carbocycles. The summed E-state index contributed by atoms with van der Waals surface area (Å²) in [5, 5.41) is 8.32. The summed E-state index contributed by atoms with van der Waals surface area (Å²) in [7, 11) is 0. The first kappa shape index (κ1) is 8.80. The van der Waals surface area contributed by atoms with Crippen molar-refractivity contribution < 1.29 is 19.0 Å². The molecule has 0 aliphatic carbocycles. The molecule has 0 aliphatic rings. The van der Waals surface area contributed by atoms with Gasteiger partial charge in [-0.05, 0) is 18.2 Å². The van der Waals surface area contributed by atoms with Gasteiger partial charge in [0.25, 0.3) is 0 Å². The van der Waals surface area contributed by atoms with Crippen molar-refractivity contribution in [2.45, 2.75) is 0 Å². The Morgan fingerprint density at radius 2 is 2.25 bits per heavy atom. The first-order valence-electron chi connectivity index (χ1n) is 2.95. The molecule has 0 heterocycles. The van der Waals surface area contributed by atoms with Crippen LogP contribution in [0.25, 0.3) is 0 Å². The Balaban J connectivity index is 2.93. The molecule has 5 heteroatoms. The summed E-state index contributed by atoms with van der Waals surface area (Å²) in [6, 6.07) is 3.45. The SMILES string of the molecule is O=C(O)Oc1ccc(Cl)cc1F. The van der Waals surface area contributed by atoms with Gasteiger partial charge in [-0.15, -0.1) is 0 Å². The van der Waals surface area contributed by atoms with E-state index < -0.39 is 12.0 Å². The molecule has 0 bridgehead atoms. The molecule has 0 spiro atoms. The highest BCUT2D eigenvalue weighted by Gasteiger charge is 2.07. The second-order valence-corrected chi connectivity index (χ2v) is 2.38. The van der Waals surface area contributed by atoms with Crippen molar-refractivity contribution >= 4 is 17.8 Å². The zero-order valence-electron chi connectivity index (χ0n) is 5.75. The van der Waals surface area contributed by atoms with Crippen LogP contribution in [-0.4, -0.2) is 11.3 Å². The molecule has 0 aliphatic heterocycles. The molecular weight excluding hydrogens is 187 g/mol. The maximum atomic E-state index is 12.7. The summed E-state index contributed by atoms with van der Waals surface area (Å²) < 4.78 is 16.8. The van der Waals surface area contributed by atoms with Gasteiger partial charge in [-0.3, -0.25) is 0 Å². The molecule has 0 radical (unpaired) electrons. The Morgan fingerprint density at radius 1 is 1.58 bits per heavy atom. The number of carbonyl (C=O) groups is 1. The van der Waals surface area contributed by atoms with Gasteiger partial charge in [0.2, 0.25) is 0 Å². The molecular formula is C7H4ClFO3. The van der Waals surface area contributed by atoms with E-state index in [1.807, 2.05) is 0 Å². The summed E-state index contributed by atoms with van der Waals surface area (Å²) in [5.74, 6) is -1.16. The molecule has 0 saturated carbocycles. The lowest BCUT2D eigenvalue weighted by Crippen LogP contribution is -2.04. The Kier molecular flexibility index (Phi) is 2.50. The molecule has 0 saturated heterocycles. The lowest BCUT2D eigenvalue weighted by molar-refractivity contribution is 0.142. The highest BCUT2D eigenvalue weighted by atomic mass is 35.5. The van der Waals surface area contributed by atoms with Crippen molar-refractivity contribution in [1.29, 1.82) is 0 Å².